The van der Waals surface area contributed by atoms with E-state index < -0.39 is 28.5 Å². The lowest BCUT2D eigenvalue weighted by Gasteiger charge is -2.33. The molecule has 0 heterocycles. The summed E-state index contributed by atoms with van der Waals surface area (Å²) in [6.07, 6.45) is 0.690. The number of ether oxygens (including phenoxy) is 3. The molecule has 0 saturated heterocycles. The van der Waals surface area contributed by atoms with Crippen LogP contribution >= 0.6 is 23.2 Å². The predicted molar refractivity (Wildman–Crippen MR) is 171 cm³/mol. The van der Waals surface area contributed by atoms with Crippen LogP contribution in [0.15, 0.2) is 65.6 Å². The molecule has 0 aliphatic rings. The van der Waals surface area contributed by atoms with Gasteiger partial charge in [-0.1, -0.05) is 42.3 Å². The van der Waals surface area contributed by atoms with E-state index in [2.05, 4.69) is 5.32 Å². The van der Waals surface area contributed by atoms with Gasteiger partial charge in [0.1, 0.15) is 18.3 Å². The third kappa shape index (κ3) is 8.28. The highest BCUT2D eigenvalue weighted by molar-refractivity contribution is 7.92. The van der Waals surface area contributed by atoms with E-state index >= 15 is 0 Å². The summed E-state index contributed by atoms with van der Waals surface area (Å²) in [5, 5.41) is 3.63. The van der Waals surface area contributed by atoms with Crippen molar-refractivity contribution < 1.29 is 32.2 Å². The Hall–Kier alpha value is -3.67. The molecule has 44 heavy (non-hydrogen) atoms. The van der Waals surface area contributed by atoms with Crippen LogP contribution in [0.3, 0.4) is 0 Å². The molecule has 10 nitrogen and oxygen atoms in total. The zero-order chi connectivity index (χ0) is 32.6. The lowest BCUT2D eigenvalue weighted by atomic mass is 10.1. The highest BCUT2D eigenvalue weighted by atomic mass is 35.5. The first-order chi connectivity index (χ1) is 20.9. The zero-order valence-electron chi connectivity index (χ0n) is 25.5. The molecule has 0 unspecified atom stereocenters. The second-order valence-electron chi connectivity index (χ2n) is 9.99. The molecule has 3 aromatic rings. The Bertz CT molecular complexity index is 1570. The van der Waals surface area contributed by atoms with Crippen LogP contribution in [0.25, 0.3) is 0 Å². The number of rotatable bonds is 14. The summed E-state index contributed by atoms with van der Waals surface area (Å²) in [6.45, 7) is 4.73. The van der Waals surface area contributed by atoms with E-state index in [0.717, 1.165) is 4.31 Å². The monoisotopic (exact) mass is 665 g/mol. The maximum atomic E-state index is 14.3. The Morgan fingerprint density at radius 1 is 0.841 bits per heavy atom. The van der Waals surface area contributed by atoms with Crippen molar-refractivity contribution in [2.24, 2.45) is 0 Å². The molecule has 0 spiro atoms. The molecular formula is C31H37Cl2N3O7S. The molecule has 238 valence electrons. The molecule has 0 fully saturated rings. The van der Waals surface area contributed by atoms with E-state index in [1.807, 2.05) is 13.8 Å². The standard InChI is InChI=1S/C31H37Cl2N3O7S/c1-7-20(2)34-31(38)21(3)35(18-22-8-10-23(32)11-9-22)30(37)19-36(26-16-24(33)12-14-27(26)41-4)44(39,40)25-13-15-28(42-5)29(17-25)43-6/h8-17,20-21H,7,18-19H2,1-6H3,(H,34,38)/t20-,21-/m0/s1. The van der Waals surface area contributed by atoms with E-state index in [9.17, 15) is 18.0 Å². The van der Waals surface area contributed by atoms with Crippen LogP contribution in [-0.2, 0) is 26.2 Å². The number of hydrogen-bond donors (Lipinski definition) is 1. The highest BCUT2D eigenvalue weighted by Gasteiger charge is 2.34. The van der Waals surface area contributed by atoms with Gasteiger partial charge in [0.25, 0.3) is 10.0 Å². The molecule has 2 amide bonds. The zero-order valence-corrected chi connectivity index (χ0v) is 27.8. The Kier molecular flexibility index (Phi) is 12.2. The van der Waals surface area contributed by atoms with Gasteiger partial charge in [0.2, 0.25) is 11.8 Å². The molecule has 0 bridgehead atoms. The third-order valence-electron chi connectivity index (χ3n) is 7.07. The fraction of sp³-hybridized carbons (Fsp3) is 0.355. The van der Waals surface area contributed by atoms with Gasteiger partial charge in [-0.15, -0.1) is 0 Å². The van der Waals surface area contributed by atoms with Gasteiger partial charge in [-0.05, 0) is 68.3 Å². The highest BCUT2D eigenvalue weighted by Crippen LogP contribution is 2.37. The summed E-state index contributed by atoms with van der Waals surface area (Å²) in [4.78, 5) is 28.6. The van der Waals surface area contributed by atoms with Crippen molar-refractivity contribution in [3.8, 4) is 17.2 Å². The normalized spacial score (nSPS) is 12.5. The lowest BCUT2D eigenvalue weighted by Crippen LogP contribution is -2.52. The van der Waals surface area contributed by atoms with Gasteiger partial charge in [-0.2, -0.15) is 0 Å². The summed E-state index contributed by atoms with van der Waals surface area (Å²) in [6, 6.07) is 14.3. The molecule has 3 aromatic carbocycles. The van der Waals surface area contributed by atoms with Gasteiger partial charge in [-0.25, -0.2) is 8.42 Å². The lowest BCUT2D eigenvalue weighted by molar-refractivity contribution is -0.139. The van der Waals surface area contributed by atoms with Gasteiger partial charge in [0, 0.05) is 28.7 Å². The topological polar surface area (TPSA) is 114 Å². The number of nitrogens with one attached hydrogen (secondary N) is 1. The van der Waals surface area contributed by atoms with E-state index in [1.54, 1.807) is 37.3 Å². The summed E-state index contributed by atoms with van der Waals surface area (Å²) >= 11 is 12.4. The number of methoxy groups -OCH3 is 3. The number of benzene rings is 3. The summed E-state index contributed by atoms with van der Waals surface area (Å²) < 4.78 is 45.6. The number of halogens is 2. The van der Waals surface area contributed by atoms with Gasteiger partial charge >= 0.3 is 0 Å². The van der Waals surface area contributed by atoms with Crippen LogP contribution in [0.4, 0.5) is 5.69 Å². The summed E-state index contributed by atoms with van der Waals surface area (Å²) in [5.74, 6) is -0.352. The van der Waals surface area contributed by atoms with Crippen LogP contribution in [0.1, 0.15) is 32.8 Å². The molecule has 0 saturated carbocycles. The minimum atomic E-state index is -4.44. The maximum Gasteiger partial charge on any atom is 0.265 e. The first kappa shape index (κ1) is 34.8. The maximum absolute atomic E-state index is 14.3. The molecular weight excluding hydrogens is 629 g/mol. The Morgan fingerprint density at radius 3 is 2.02 bits per heavy atom. The Labute approximate surface area is 268 Å². The number of amides is 2. The van der Waals surface area contributed by atoms with Gasteiger partial charge in [-0.3, -0.25) is 13.9 Å². The fourth-order valence-electron chi connectivity index (χ4n) is 4.31. The van der Waals surface area contributed by atoms with E-state index in [1.165, 1.54) is 56.6 Å². The molecule has 0 aliphatic heterocycles. The van der Waals surface area contributed by atoms with Crippen LogP contribution in [-0.4, -0.2) is 65.1 Å². The molecule has 3 rings (SSSR count). The van der Waals surface area contributed by atoms with Crippen molar-refractivity contribution in [3.63, 3.8) is 0 Å². The molecule has 1 N–H and O–H groups in total. The average molecular weight is 667 g/mol. The van der Waals surface area contributed by atoms with E-state index in [0.29, 0.717) is 22.8 Å². The van der Waals surface area contributed by atoms with Gasteiger partial charge in [0.05, 0.1) is 31.9 Å². The van der Waals surface area contributed by atoms with Crippen LogP contribution in [0.2, 0.25) is 10.0 Å². The number of carbonyl (C=O) groups excluding carboxylic acids is 2. The number of carbonyl (C=O) groups is 2. The second kappa shape index (κ2) is 15.4. The number of nitrogens with zero attached hydrogens (tertiary/aromatic N) is 2. The summed E-state index contributed by atoms with van der Waals surface area (Å²) in [7, 11) is -0.247. The van der Waals surface area contributed by atoms with Crippen LogP contribution < -0.4 is 23.8 Å². The van der Waals surface area contributed by atoms with E-state index in [4.69, 9.17) is 37.4 Å². The quantitative estimate of drug-likeness (QED) is 0.240. The first-order valence-corrected chi connectivity index (χ1v) is 16.0. The SMILES string of the molecule is CC[C@H](C)NC(=O)[C@H](C)N(Cc1ccc(Cl)cc1)C(=O)CN(c1cc(Cl)ccc1OC)S(=O)(=O)c1ccc(OC)c(OC)c1. The Balaban J connectivity index is 2.14. The fourth-order valence-corrected chi connectivity index (χ4v) is 6.04. The van der Waals surface area contributed by atoms with Crippen LogP contribution in [0, 0.1) is 0 Å². The minimum Gasteiger partial charge on any atom is -0.495 e. The van der Waals surface area contributed by atoms with E-state index in [-0.39, 0.29) is 45.6 Å². The molecule has 0 aliphatic carbocycles. The predicted octanol–water partition coefficient (Wildman–Crippen LogP) is 5.55. The first-order valence-electron chi connectivity index (χ1n) is 13.8. The van der Waals surface area contributed by atoms with Crippen LogP contribution in [0.5, 0.6) is 17.2 Å². The molecule has 0 aromatic heterocycles. The largest absolute Gasteiger partial charge is 0.495 e. The van der Waals surface area contributed by atoms with Gasteiger partial charge < -0.3 is 24.4 Å². The molecule has 0 radical (unpaired) electrons. The van der Waals surface area contributed by atoms with Crippen molar-refractivity contribution in [1.82, 2.24) is 10.2 Å². The third-order valence-corrected chi connectivity index (χ3v) is 9.31. The van der Waals surface area contributed by atoms with Gasteiger partial charge in [0.15, 0.2) is 11.5 Å². The number of anilines is 1. The molecule has 2 atom stereocenters. The van der Waals surface area contributed by atoms with Crippen molar-refractivity contribution in [2.75, 3.05) is 32.2 Å². The second-order valence-corrected chi connectivity index (χ2v) is 12.7. The average Bonchev–Trinajstić information content (AvgIpc) is 3.02. The van der Waals surface area contributed by atoms with Crippen molar-refractivity contribution in [1.29, 1.82) is 0 Å². The van der Waals surface area contributed by atoms with Crippen molar-refractivity contribution in [2.45, 2.75) is 50.7 Å². The summed E-state index contributed by atoms with van der Waals surface area (Å²) in [5.41, 5.74) is 0.729. The minimum absolute atomic E-state index is 0.0159. The Morgan fingerprint density at radius 2 is 1.43 bits per heavy atom. The van der Waals surface area contributed by atoms with Crippen molar-refractivity contribution >= 4 is 50.7 Å². The van der Waals surface area contributed by atoms with Crippen molar-refractivity contribution in [3.05, 3.63) is 76.3 Å². The number of sulfonamides is 1. The molecule has 13 heteroatoms. The smallest absolute Gasteiger partial charge is 0.265 e. The number of hydrogen-bond acceptors (Lipinski definition) is 7.